The summed E-state index contributed by atoms with van der Waals surface area (Å²) >= 11 is 1.41. The molecule has 4 aliphatic heterocycles. The smallest absolute Gasteiger partial charge is 0.324 e. The molecule has 3 fully saturated rings. The van der Waals surface area contributed by atoms with Gasteiger partial charge in [0.15, 0.2) is 0 Å². The van der Waals surface area contributed by atoms with E-state index in [4.69, 9.17) is 19.4 Å². The van der Waals surface area contributed by atoms with E-state index in [0.717, 1.165) is 51.1 Å². The highest BCUT2D eigenvalue weighted by Gasteiger charge is 2.57. The number of hydrogen-bond donors (Lipinski definition) is 2. The minimum absolute atomic E-state index is 0. The summed E-state index contributed by atoms with van der Waals surface area (Å²) in [5.41, 5.74) is 8.86. The Hall–Kier alpha value is -4.25. The summed E-state index contributed by atoms with van der Waals surface area (Å²) in [5, 5.41) is 8.11. The fraction of sp³-hybridized carbons (Fsp3) is 0.531. The van der Waals surface area contributed by atoms with Crippen molar-refractivity contribution in [1.29, 1.82) is 0 Å². The first-order valence-corrected chi connectivity index (χ1v) is 24.0. The lowest BCUT2D eigenvalue weighted by atomic mass is 9.77. The zero-order valence-corrected chi connectivity index (χ0v) is 46.2. The molecule has 5 amide bonds. The largest absolute Gasteiger partial charge is 0.464 e. The van der Waals surface area contributed by atoms with E-state index in [9.17, 15) is 24.0 Å². The summed E-state index contributed by atoms with van der Waals surface area (Å²) in [6.07, 6.45) is 5.28. The van der Waals surface area contributed by atoms with Crippen LogP contribution in [0.5, 0.6) is 0 Å². The molecule has 1 aromatic carbocycles. The number of urea groups is 1. The molecule has 384 valence electrons. The van der Waals surface area contributed by atoms with E-state index in [2.05, 4.69) is 66.9 Å². The molecule has 7 heterocycles. The molecule has 0 radical (unpaired) electrons. The lowest BCUT2D eigenvalue weighted by Crippen LogP contribution is -2.79. The maximum atomic E-state index is 14.6. The number of likely N-dealkylation sites (tertiary alicyclic amines) is 2. The van der Waals surface area contributed by atoms with Crippen molar-refractivity contribution in [3.63, 3.8) is 0 Å². The Bertz CT molecular complexity index is 2560. The fourth-order valence-corrected chi connectivity index (χ4v) is 11.1. The molecule has 3 aromatic heterocycles. The van der Waals surface area contributed by atoms with Crippen LogP contribution in [0.1, 0.15) is 83.2 Å². The number of carbonyl (C=O) groups is 5. The molecule has 70 heavy (non-hydrogen) atoms. The molecule has 21 heteroatoms. The Balaban J connectivity index is 0.00000266. The number of aromatic nitrogens is 3. The lowest BCUT2D eigenvalue weighted by Gasteiger charge is -2.62. The number of amides is 5. The van der Waals surface area contributed by atoms with Gasteiger partial charge in [0.1, 0.15) is 18.1 Å². The minimum Gasteiger partial charge on any atom is -0.464 e. The van der Waals surface area contributed by atoms with Gasteiger partial charge in [0.25, 0.3) is 5.91 Å². The molecule has 3 saturated heterocycles. The predicted molar refractivity (Wildman–Crippen MR) is 293 cm³/mol. The van der Waals surface area contributed by atoms with Crippen LogP contribution < -0.4 is 10.7 Å². The highest BCUT2D eigenvalue weighted by atomic mass is 32.1. The van der Waals surface area contributed by atoms with Crippen molar-refractivity contribution in [2.24, 2.45) is 11.3 Å². The third kappa shape index (κ3) is 11.2. The molecule has 4 atom stereocenters. The molecule has 2 N–H and O–H groups in total. The molecule has 0 aliphatic carbocycles. The van der Waals surface area contributed by atoms with E-state index in [1.807, 2.05) is 32.2 Å². The Morgan fingerprint density at radius 2 is 1.83 bits per heavy atom. The van der Waals surface area contributed by atoms with Gasteiger partial charge < -0.3 is 34.1 Å². The van der Waals surface area contributed by atoms with Gasteiger partial charge in [-0.05, 0) is 81.4 Å². The first kappa shape index (κ1) is 58.3. The number of pyridine rings is 1. The monoisotopic (exact) mass is 1060 g/mol. The van der Waals surface area contributed by atoms with Gasteiger partial charge in [-0.15, -0.1) is 11.3 Å². The fourth-order valence-electron chi connectivity index (χ4n) is 10.2. The lowest BCUT2D eigenvalue weighted by molar-refractivity contribution is -0.157. The minimum atomic E-state index is -1.08. The molecule has 4 aliphatic rings. The summed E-state index contributed by atoms with van der Waals surface area (Å²) in [6, 6.07) is 7.29. The van der Waals surface area contributed by atoms with Crippen molar-refractivity contribution in [3.05, 3.63) is 70.8 Å². The Morgan fingerprint density at radius 1 is 1.10 bits per heavy atom. The van der Waals surface area contributed by atoms with Crippen LogP contribution in [-0.4, -0.2) is 135 Å². The van der Waals surface area contributed by atoms with E-state index in [0.29, 0.717) is 57.0 Å². The summed E-state index contributed by atoms with van der Waals surface area (Å²) in [5.74, 6) is -1.83. The highest BCUT2D eigenvalue weighted by Crippen LogP contribution is 2.43. The number of esters is 1. The van der Waals surface area contributed by atoms with Crippen LogP contribution in [0.3, 0.4) is 0 Å². The number of cyclic esters (lactones) is 1. The van der Waals surface area contributed by atoms with Crippen molar-refractivity contribution in [3.8, 4) is 22.5 Å². The topological polar surface area (TPSA) is 172 Å². The van der Waals surface area contributed by atoms with Crippen LogP contribution in [0.2, 0.25) is 0 Å². The molecule has 0 unspecified atom stereocenters. The number of ether oxygens (including phenoxy) is 2. The zero-order valence-electron chi connectivity index (χ0n) is 41.4. The summed E-state index contributed by atoms with van der Waals surface area (Å²) in [4.78, 5) is 84.0. The van der Waals surface area contributed by atoms with Crippen LogP contribution in [0.25, 0.3) is 33.4 Å². The van der Waals surface area contributed by atoms with Gasteiger partial charge in [-0.25, -0.2) is 15.2 Å². The van der Waals surface area contributed by atoms with E-state index in [-0.39, 0.29) is 91.0 Å². The predicted octanol–water partition coefficient (Wildman–Crippen LogP) is 6.20. The number of nitrogens with one attached hydrogen (secondary N) is 2. The number of carbonyl (C=O) groups excluding carboxylic acids is 5. The molecule has 1 spiro atoms. The highest BCUT2D eigenvalue weighted by molar-refractivity contribution is 7.59. The number of rotatable bonds is 9. The standard InChI is InChI=1S/C49H63N9O7S.4H2S/c1-10-40(59)57-21-18-49(57)26-55(27-49)47(63)54(8)42(29(3)4)44(60)52-36-23-39-51-37(25-66-39)31-16-17-38-33(22-31)34(43(56(38)11-2)32-14-12-19-50-41(32)30(5)64-9)24-48(6,7)28-65-46(62)35-15-13-20-58(53-35)45(36)61;;;;/h10,12,14,16-17,19,22,25,29-30,35-36,42,53H,1,11,13,15,18,20-21,23-24,26-28H2,2-9H3,(H,52,60);4*1H2/t30-,35-,36-,42-;;;;/m0..../s1. The van der Waals surface area contributed by atoms with Crippen molar-refractivity contribution in [2.45, 2.75) is 110 Å². The van der Waals surface area contributed by atoms with Gasteiger partial charge in [0, 0.05) is 92.3 Å². The third-order valence-electron chi connectivity index (χ3n) is 13.8. The van der Waals surface area contributed by atoms with Crippen molar-refractivity contribution >= 4 is 106 Å². The maximum Gasteiger partial charge on any atom is 0.324 e. The molecular formula is C49H71N9O7S5. The Morgan fingerprint density at radius 3 is 2.47 bits per heavy atom. The summed E-state index contributed by atoms with van der Waals surface area (Å²) in [6.45, 7) is 18.2. The first-order valence-electron chi connectivity index (χ1n) is 23.1. The molecule has 0 saturated carbocycles. The number of benzene rings is 1. The van der Waals surface area contributed by atoms with Crippen LogP contribution in [0.15, 0.2) is 54.6 Å². The quantitative estimate of drug-likeness (QED) is 0.145. The number of hydrazine groups is 1. The second kappa shape index (κ2) is 23.5. The van der Waals surface area contributed by atoms with Crippen LogP contribution in [0, 0.1) is 11.3 Å². The Labute approximate surface area is 443 Å². The number of thiazole rings is 1. The number of methoxy groups -OCH3 is 1. The van der Waals surface area contributed by atoms with Crippen LogP contribution in [0.4, 0.5) is 4.79 Å². The first-order chi connectivity index (χ1) is 31.5. The van der Waals surface area contributed by atoms with Crippen LogP contribution in [-0.2, 0) is 48.0 Å². The number of hydrogen-bond acceptors (Lipinski definition) is 11. The molecular weight excluding hydrogens is 987 g/mol. The number of aryl methyl sites for hydroxylation is 1. The van der Waals surface area contributed by atoms with Crippen LogP contribution >= 0.6 is 65.3 Å². The summed E-state index contributed by atoms with van der Waals surface area (Å²) < 4.78 is 14.2. The van der Waals surface area contributed by atoms with Gasteiger partial charge in [0.2, 0.25) is 11.8 Å². The normalized spacial score (nSPS) is 20.2. The molecule has 16 nitrogen and oxygen atoms in total. The van der Waals surface area contributed by atoms with E-state index in [1.54, 1.807) is 30.2 Å². The SMILES string of the molecule is C=CC(=O)N1CCC12CN(C(=O)N(C)[C@H](C(=O)N[C@H]1Cc3nc(cs3)-c3ccc4c(c3)c(c(-c3cccnc3[C@H](C)OC)n4CC)CC(C)(C)COC(=O)[C@@H]3CCCN(N3)C1=O)C(C)C)C2.S.S.S.S. The Kier molecular flexibility index (Phi) is 19.6. The maximum absolute atomic E-state index is 14.6. The van der Waals surface area contributed by atoms with Crippen molar-refractivity contribution in [1.82, 2.24) is 45.0 Å². The second-order valence-corrected chi connectivity index (χ2v) is 20.3. The van der Waals surface area contributed by atoms with Gasteiger partial charge in [0.05, 0.1) is 40.3 Å². The molecule has 6 bridgehead atoms. The van der Waals surface area contributed by atoms with E-state index in [1.165, 1.54) is 27.3 Å². The molecule has 4 aromatic rings. The van der Waals surface area contributed by atoms with Gasteiger partial charge in [-0.2, -0.15) is 54.0 Å². The van der Waals surface area contributed by atoms with Crippen molar-refractivity contribution < 1.29 is 33.4 Å². The van der Waals surface area contributed by atoms with Gasteiger partial charge in [-0.1, -0.05) is 40.3 Å². The van der Waals surface area contributed by atoms with E-state index < -0.39 is 46.9 Å². The number of nitrogens with zero attached hydrogens (tertiary/aromatic N) is 7. The third-order valence-corrected chi connectivity index (χ3v) is 14.7. The van der Waals surface area contributed by atoms with Crippen molar-refractivity contribution in [2.75, 3.05) is 46.9 Å². The average Bonchev–Trinajstić information content (AvgIpc) is 3.87. The van der Waals surface area contributed by atoms with Gasteiger partial charge >= 0.3 is 12.0 Å². The van der Waals surface area contributed by atoms with Gasteiger partial charge in [-0.3, -0.25) is 29.2 Å². The second-order valence-electron chi connectivity index (χ2n) is 19.4. The molecule has 8 rings (SSSR count). The number of likely N-dealkylation sites (N-methyl/N-ethyl adjacent to an activating group) is 1. The number of fused-ring (bicyclic) bond motifs is 6. The van der Waals surface area contributed by atoms with E-state index >= 15 is 0 Å². The zero-order chi connectivity index (χ0) is 47.2. The summed E-state index contributed by atoms with van der Waals surface area (Å²) in [7, 11) is 3.28. The average molecular weight is 1060 g/mol.